The summed E-state index contributed by atoms with van der Waals surface area (Å²) >= 11 is 6.77. The third-order valence-corrected chi connectivity index (χ3v) is 3.90. The van der Waals surface area contributed by atoms with Crippen molar-refractivity contribution in [2.45, 2.75) is 26.9 Å². The van der Waals surface area contributed by atoms with Gasteiger partial charge in [-0.25, -0.2) is 9.97 Å². The molecule has 1 atom stereocenters. The molecule has 0 bridgehead atoms. The van der Waals surface area contributed by atoms with Crippen LogP contribution < -0.4 is 10.1 Å². The zero-order valence-electron chi connectivity index (χ0n) is 12.4. The van der Waals surface area contributed by atoms with E-state index in [1.165, 1.54) is 0 Å². The topological polar surface area (TPSA) is 64.1 Å². The van der Waals surface area contributed by atoms with Crippen LogP contribution in [0.25, 0.3) is 0 Å². The highest BCUT2D eigenvalue weighted by atomic mass is 79.9. The number of aromatic nitrogens is 2. The van der Waals surface area contributed by atoms with E-state index in [0.717, 1.165) is 20.3 Å². The summed E-state index contributed by atoms with van der Waals surface area (Å²) in [6.07, 6.45) is -0.679. The van der Waals surface area contributed by atoms with Gasteiger partial charge < -0.3 is 4.74 Å². The van der Waals surface area contributed by atoms with Gasteiger partial charge in [-0.2, -0.15) is 0 Å². The number of halogens is 2. The van der Waals surface area contributed by atoms with Crippen LogP contribution in [0.1, 0.15) is 18.3 Å². The number of benzene rings is 1. The van der Waals surface area contributed by atoms with Gasteiger partial charge in [-0.05, 0) is 61.0 Å². The number of carbonyl (C=O) groups is 1. The van der Waals surface area contributed by atoms with Gasteiger partial charge in [-0.15, -0.1) is 0 Å². The highest BCUT2D eigenvalue weighted by Gasteiger charge is 2.17. The molecule has 0 saturated carbocycles. The van der Waals surface area contributed by atoms with Crippen molar-refractivity contribution in [3.8, 4) is 5.75 Å². The van der Waals surface area contributed by atoms with Gasteiger partial charge in [0.25, 0.3) is 5.91 Å². The molecule has 2 aromatic rings. The van der Waals surface area contributed by atoms with Crippen LogP contribution in [0.2, 0.25) is 0 Å². The highest BCUT2D eigenvalue weighted by molar-refractivity contribution is 9.11. The Morgan fingerprint density at radius 2 is 1.82 bits per heavy atom. The number of rotatable bonds is 4. The molecule has 1 aromatic carbocycles. The van der Waals surface area contributed by atoms with Crippen molar-refractivity contribution < 1.29 is 9.53 Å². The molecule has 2 rings (SSSR count). The Kier molecular flexibility index (Phi) is 5.52. The lowest BCUT2D eigenvalue weighted by atomic mass is 10.3. The van der Waals surface area contributed by atoms with Crippen LogP contribution in [0.3, 0.4) is 0 Å². The number of hydrogen-bond acceptors (Lipinski definition) is 4. The quantitative estimate of drug-likeness (QED) is 0.798. The number of amides is 1. The summed E-state index contributed by atoms with van der Waals surface area (Å²) in [5.74, 6) is 0.569. The monoisotopic (exact) mass is 427 g/mol. The molecule has 0 aliphatic rings. The molecule has 7 heteroatoms. The van der Waals surface area contributed by atoms with Crippen molar-refractivity contribution in [1.82, 2.24) is 9.97 Å². The van der Waals surface area contributed by atoms with E-state index in [1.54, 1.807) is 13.0 Å². The average Bonchev–Trinajstić information content (AvgIpc) is 2.40. The second-order valence-corrected chi connectivity index (χ2v) is 6.57. The SMILES string of the molecule is Cc1cc(C)nc(NC(=O)[C@H](C)Oc2ccc(Br)cc2Br)n1. The number of nitrogens with one attached hydrogen (secondary N) is 1. The van der Waals surface area contributed by atoms with Crippen molar-refractivity contribution in [1.29, 1.82) is 0 Å². The predicted molar refractivity (Wildman–Crippen MR) is 92.1 cm³/mol. The van der Waals surface area contributed by atoms with Gasteiger partial charge in [-0.3, -0.25) is 10.1 Å². The summed E-state index contributed by atoms with van der Waals surface area (Å²) in [5.41, 5.74) is 1.60. The standard InChI is InChI=1S/C15H15Br2N3O2/c1-8-6-9(2)19-15(18-8)20-14(21)10(3)22-13-5-4-11(16)7-12(13)17/h4-7,10H,1-3H3,(H,18,19,20,21)/t10-/m0/s1. The molecule has 0 aliphatic heterocycles. The summed E-state index contributed by atoms with van der Waals surface area (Å²) in [6.45, 7) is 5.37. The van der Waals surface area contributed by atoms with Gasteiger partial charge in [0.1, 0.15) is 5.75 Å². The molecule has 0 saturated heterocycles. The van der Waals surface area contributed by atoms with E-state index >= 15 is 0 Å². The van der Waals surface area contributed by atoms with E-state index in [9.17, 15) is 4.79 Å². The molecule has 0 fully saturated rings. The first-order valence-corrected chi connectivity index (χ1v) is 8.18. The highest BCUT2D eigenvalue weighted by Crippen LogP contribution is 2.29. The smallest absolute Gasteiger partial charge is 0.267 e. The van der Waals surface area contributed by atoms with Crippen molar-refractivity contribution in [2.24, 2.45) is 0 Å². The predicted octanol–water partition coefficient (Wildman–Crippen LogP) is 4.02. The zero-order valence-corrected chi connectivity index (χ0v) is 15.5. The maximum absolute atomic E-state index is 12.2. The lowest BCUT2D eigenvalue weighted by Crippen LogP contribution is -2.31. The van der Waals surface area contributed by atoms with Gasteiger partial charge in [0.05, 0.1) is 4.47 Å². The number of nitrogens with zero attached hydrogens (tertiary/aromatic N) is 2. The van der Waals surface area contributed by atoms with Gasteiger partial charge in [0, 0.05) is 15.9 Å². The van der Waals surface area contributed by atoms with E-state index in [1.807, 2.05) is 32.0 Å². The molecule has 0 radical (unpaired) electrons. The van der Waals surface area contributed by atoms with Gasteiger partial charge in [-0.1, -0.05) is 15.9 Å². The third-order valence-electron chi connectivity index (χ3n) is 2.78. The Labute approximate surface area is 145 Å². The molecule has 1 aromatic heterocycles. The average molecular weight is 429 g/mol. The molecular formula is C15H15Br2N3O2. The first kappa shape index (κ1) is 16.9. The Balaban J connectivity index is 2.05. The van der Waals surface area contributed by atoms with E-state index in [4.69, 9.17) is 4.74 Å². The number of anilines is 1. The molecule has 5 nitrogen and oxygen atoms in total. The van der Waals surface area contributed by atoms with E-state index in [-0.39, 0.29) is 11.9 Å². The third kappa shape index (κ3) is 4.51. The van der Waals surface area contributed by atoms with Gasteiger partial charge in [0.15, 0.2) is 6.10 Å². The molecule has 1 N–H and O–H groups in total. The summed E-state index contributed by atoms with van der Waals surface area (Å²) in [4.78, 5) is 20.5. The fourth-order valence-corrected chi connectivity index (χ4v) is 2.95. The second-order valence-electron chi connectivity index (χ2n) is 4.80. The molecular weight excluding hydrogens is 414 g/mol. The normalized spacial score (nSPS) is 11.9. The lowest BCUT2D eigenvalue weighted by Gasteiger charge is -2.15. The Hall–Kier alpha value is -1.47. The van der Waals surface area contributed by atoms with E-state index in [2.05, 4.69) is 47.1 Å². The number of carbonyl (C=O) groups excluding carboxylic acids is 1. The summed E-state index contributed by atoms with van der Waals surface area (Å²) in [6, 6.07) is 7.32. The van der Waals surface area contributed by atoms with Crippen LogP contribution in [0.15, 0.2) is 33.2 Å². The summed E-state index contributed by atoms with van der Waals surface area (Å²) < 4.78 is 7.35. The zero-order chi connectivity index (χ0) is 16.3. The molecule has 0 unspecified atom stereocenters. The molecule has 0 spiro atoms. The Bertz CT molecular complexity index is 687. The molecule has 116 valence electrons. The van der Waals surface area contributed by atoms with Crippen LogP contribution in [0, 0.1) is 13.8 Å². The Morgan fingerprint density at radius 3 is 2.41 bits per heavy atom. The van der Waals surface area contributed by atoms with Crippen molar-refractivity contribution in [3.63, 3.8) is 0 Å². The maximum Gasteiger partial charge on any atom is 0.267 e. The van der Waals surface area contributed by atoms with E-state index in [0.29, 0.717) is 5.75 Å². The largest absolute Gasteiger partial charge is 0.480 e. The van der Waals surface area contributed by atoms with Crippen LogP contribution in [0.4, 0.5) is 5.95 Å². The van der Waals surface area contributed by atoms with Gasteiger partial charge >= 0.3 is 0 Å². The maximum atomic E-state index is 12.2. The number of aryl methyl sites for hydroxylation is 2. The fraction of sp³-hybridized carbons (Fsp3) is 0.267. The molecule has 1 heterocycles. The van der Waals surface area contributed by atoms with E-state index < -0.39 is 6.10 Å². The molecule has 0 aliphatic carbocycles. The Morgan fingerprint density at radius 1 is 1.18 bits per heavy atom. The van der Waals surface area contributed by atoms with Gasteiger partial charge in [0.2, 0.25) is 5.95 Å². The van der Waals surface area contributed by atoms with Crippen LogP contribution in [-0.2, 0) is 4.79 Å². The van der Waals surface area contributed by atoms with Crippen molar-refractivity contribution in [2.75, 3.05) is 5.32 Å². The minimum Gasteiger partial charge on any atom is -0.480 e. The number of ether oxygens (including phenoxy) is 1. The van der Waals surface area contributed by atoms with Crippen LogP contribution >= 0.6 is 31.9 Å². The summed E-state index contributed by atoms with van der Waals surface area (Å²) in [5, 5.41) is 2.66. The van der Waals surface area contributed by atoms with Crippen molar-refractivity contribution >= 4 is 43.7 Å². The second kappa shape index (κ2) is 7.19. The molecule has 1 amide bonds. The summed E-state index contributed by atoms with van der Waals surface area (Å²) in [7, 11) is 0. The minimum absolute atomic E-state index is 0.285. The fourth-order valence-electron chi connectivity index (χ4n) is 1.81. The minimum atomic E-state index is -0.679. The van der Waals surface area contributed by atoms with Crippen molar-refractivity contribution in [3.05, 3.63) is 44.6 Å². The van der Waals surface area contributed by atoms with Crippen LogP contribution in [-0.4, -0.2) is 22.0 Å². The molecule has 22 heavy (non-hydrogen) atoms. The number of hydrogen-bond donors (Lipinski definition) is 1. The first-order valence-electron chi connectivity index (χ1n) is 6.60. The lowest BCUT2D eigenvalue weighted by molar-refractivity contribution is -0.122. The first-order chi connectivity index (χ1) is 10.3. The van der Waals surface area contributed by atoms with Crippen LogP contribution in [0.5, 0.6) is 5.75 Å².